The Morgan fingerprint density at radius 2 is 2.19 bits per heavy atom. The van der Waals surface area contributed by atoms with Gasteiger partial charge < -0.3 is 15.7 Å². The van der Waals surface area contributed by atoms with Gasteiger partial charge in [-0.15, -0.1) is 0 Å². The maximum absolute atomic E-state index is 11.1. The van der Waals surface area contributed by atoms with Gasteiger partial charge in [0.2, 0.25) is 0 Å². The molecule has 0 amide bonds. The van der Waals surface area contributed by atoms with Crippen LogP contribution in [0.3, 0.4) is 0 Å². The third-order valence-electron chi connectivity index (χ3n) is 1.86. The lowest BCUT2D eigenvalue weighted by molar-refractivity contribution is -0.145. The van der Waals surface area contributed by atoms with Crippen molar-refractivity contribution in [1.82, 2.24) is 0 Å². The van der Waals surface area contributed by atoms with Crippen LogP contribution in [-0.2, 0) is 16.1 Å². The van der Waals surface area contributed by atoms with Gasteiger partial charge in [0.05, 0.1) is 0 Å². The number of phenols is 1. The molecule has 1 unspecified atom stereocenters. The second kappa shape index (κ2) is 5.59. The summed E-state index contributed by atoms with van der Waals surface area (Å²) in [6.45, 7) is 0. The molecule has 7 heteroatoms. The van der Waals surface area contributed by atoms with Crippen molar-refractivity contribution in [2.45, 2.75) is 12.5 Å². The van der Waals surface area contributed by atoms with E-state index < -0.39 is 12.0 Å². The van der Waals surface area contributed by atoms with Crippen LogP contribution in [-0.4, -0.2) is 17.1 Å². The molecule has 0 saturated heterocycles. The van der Waals surface area contributed by atoms with Crippen molar-refractivity contribution >= 4 is 5.97 Å². The summed E-state index contributed by atoms with van der Waals surface area (Å²) in [6.07, 6.45) is 0.236. The van der Waals surface area contributed by atoms with Crippen LogP contribution < -0.4 is 5.73 Å². The Morgan fingerprint density at radius 1 is 1.56 bits per heavy atom. The predicted octanol–water partition coefficient (Wildman–Crippen LogP) is 1.03. The molecule has 0 aliphatic heterocycles. The summed E-state index contributed by atoms with van der Waals surface area (Å²) in [6, 6.07) is 5.34. The normalized spacial score (nSPS) is 11.3. The number of nitrogens with two attached hydrogens (primary N) is 1. The van der Waals surface area contributed by atoms with E-state index in [1.54, 1.807) is 12.1 Å². The smallest absolute Gasteiger partial charge is 0.334 e. The molecular weight excluding hydrogens is 212 g/mol. The summed E-state index contributed by atoms with van der Waals surface area (Å²) >= 11 is 0. The molecule has 0 aliphatic carbocycles. The first-order valence-electron chi connectivity index (χ1n) is 4.42. The van der Waals surface area contributed by atoms with E-state index in [2.05, 4.69) is 15.0 Å². The first-order chi connectivity index (χ1) is 7.63. The minimum absolute atomic E-state index is 0.133. The van der Waals surface area contributed by atoms with Gasteiger partial charge in [0, 0.05) is 4.91 Å². The first kappa shape index (κ1) is 11.8. The lowest BCUT2D eigenvalue weighted by atomic mass is 10.1. The molecule has 1 aromatic rings. The predicted molar refractivity (Wildman–Crippen MR) is 55.0 cm³/mol. The van der Waals surface area contributed by atoms with Crippen LogP contribution in [0.2, 0.25) is 0 Å². The largest absolute Gasteiger partial charge is 0.508 e. The molecule has 0 bridgehead atoms. The number of nitrogens with zero attached hydrogens (tertiary/aromatic N) is 3. The lowest BCUT2D eigenvalue weighted by Gasteiger charge is -2.07. The van der Waals surface area contributed by atoms with Crippen molar-refractivity contribution in [3.63, 3.8) is 0 Å². The number of azide groups is 1. The molecule has 84 valence electrons. The molecule has 1 atom stereocenters. The number of aromatic hydroxyl groups is 1. The highest BCUT2D eigenvalue weighted by Crippen LogP contribution is 2.11. The first-order valence-corrected chi connectivity index (χ1v) is 4.42. The number of carbonyl (C=O) groups is 1. The van der Waals surface area contributed by atoms with E-state index in [0.29, 0.717) is 0 Å². The molecule has 0 saturated carbocycles. The van der Waals surface area contributed by atoms with E-state index in [1.165, 1.54) is 12.1 Å². The van der Waals surface area contributed by atoms with Gasteiger partial charge in [-0.2, -0.15) is 0 Å². The topological polar surface area (TPSA) is 121 Å². The zero-order chi connectivity index (χ0) is 12.0. The summed E-state index contributed by atoms with van der Waals surface area (Å²) < 4.78 is 0. The molecular formula is C9H10N4O3. The third kappa shape index (κ3) is 3.49. The van der Waals surface area contributed by atoms with Gasteiger partial charge >= 0.3 is 5.97 Å². The third-order valence-corrected chi connectivity index (χ3v) is 1.86. The highest BCUT2D eigenvalue weighted by Gasteiger charge is 2.15. The van der Waals surface area contributed by atoms with Crippen molar-refractivity contribution in [2.24, 2.45) is 11.0 Å². The highest BCUT2D eigenvalue weighted by atomic mass is 16.7. The van der Waals surface area contributed by atoms with Gasteiger partial charge in [-0.3, -0.25) is 0 Å². The van der Waals surface area contributed by atoms with Crippen LogP contribution in [0.1, 0.15) is 5.56 Å². The number of rotatable bonds is 4. The zero-order valence-corrected chi connectivity index (χ0v) is 8.28. The molecule has 0 aromatic heterocycles. The lowest BCUT2D eigenvalue weighted by Crippen LogP contribution is -2.33. The van der Waals surface area contributed by atoms with Gasteiger partial charge in [0.1, 0.15) is 17.1 Å². The molecule has 16 heavy (non-hydrogen) atoms. The molecule has 0 aliphatic rings. The molecule has 0 spiro atoms. The summed E-state index contributed by atoms with van der Waals surface area (Å²) in [5.41, 5.74) is 14.2. The minimum atomic E-state index is -0.907. The number of hydrogen-bond acceptors (Lipinski definition) is 5. The van der Waals surface area contributed by atoms with E-state index in [1.807, 2.05) is 0 Å². The molecule has 3 N–H and O–H groups in total. The fourth-order valence-corrected chi connectivity index (χ4v) is 1.10. The van der Waals surface area contributed by atoms with Crippen molar-refractivity contribution in [2.75, 3.05) is 0 Å². The Bertz CT molecular complexity index is 411. The average Bonchev–Trinajstić information content (AvgIpc) is 2.29. The quantitative estimate of drug-likeness (QED) is 0.342. The van der Waals surface area contributed by atoms with Crippen molar-refractivity contribution < 1.29 is 14.7 Å². The Morgan fingerprint density at radius 3 is 2.75 bits per heavy atom. The van der Waals surface area contributed by atoms with E-state index in [9.17, 15) is 4.79 Å². The van der Waals surface area contributed by atoms with E-state index in [-0.39, 0.29) is 12.2 Å². The maximum atomic E-state index is 11.1. The molecule has 1 aromatic carbocycles. The standard InChI is InChI=1S/C9H10N4O3/c10-8(9(15)16-13-12-11)5-6-1-3-7(14)4-2-6/h1-4,8,14H,5,10H2. The van der Waals surface area contributed by atoms with Crippen molar-refractivity contribution in [3.8, 4) is 5.75 Å². The number of hydrogen-bond donors (Lipinski definition) is 2. The fraction of sp³-hybridized carbons (Fsp3) is 0.222. The van der Waals surface area contributed by atoms with Crippen LogP contribution in [0.4, 0.5) is 0 Å². The molecule has 0 radical (unpaired) electrons. The molecule has 7 nitrogen and oxygen atoms in total. The summed E-state index contributed by atoms with van der Waals surface area (Å²) in [5.74, 6) is -0.667. The summed E-state index contributed by atoms with van der Waals surface area (Å²) in [5, 5.41) is 11.7. The van der Waals surface area contributed by atoms with E-state index in [0.717, 1.165) is 5.56 Å². The van der Waals surface area contributed by atoms with Crippen LogP contribution in [0.5, 0.6) is 5.75 Å². The number of phenolic OH excluding ortho intramolecular Hbond substituents is 1. The fourth-order valence-electron chi connectivity index (χ4n) is 1.10. The SMILES string of the molecule is [N-]=[N+]=NOC(=O)C(N)Cc1ccc(O)cc1. The van der Waals surface area contributed by atoms with Gasteiger partial charge in [0.25, 0.3) is 0 Å². The van der Waals surface area contributed by atoms with Gasteiger partial charge in [-0.1, -0.05) is 12.1 Å². The Kier molecular flexibility index (Phi) is 4.14. The molecule has 0 fully saturated rings. The van der Waals surface area contributed by atoms with E-state index in [4.69, 9.17) is 16.4 Å². The number of benzene rings is 1. The second-order valence-corrected chi connectivity index (χ2v) is 3.06. The highest BCUT2D eigenvalue weighted by molar-refractivity contribution is 5.75. The van der Waals surface area contributed by atoms with Gasteiger partial charge in [0.15, 0.2) is 0 Å². The van der Waals surface area contributed by atoms with Crippen molar-refractivity contribution in [3.05, 3.63) is 40.3 Å². The van der Waals surface area contributed by atoms with Crippen LogP contribution in [0, 0.1) is 0 Å². The average molecular weight is 222 g/mol. The van der Waals surface area contributed by atoms with Crippen LogP contribution >= 0.6 is 0 Å². The Balaban J connectivity index is 2.56. The summed E-state index contributed by atoms with van der Waals surface area (Å²) in [7, 11) is 0. The van der Waals surface area contributed by atoms with E-state index >= 15 is 0 Å². The Labute approximate surface area is 91.0 Å². The molecule has 1 rings (SSSR count). The van der Waals surface area contributed by atoms with Gasteiger partial charge in [-0.25, -0.2) is 4.79 Å². The summed E-state index contributed by atoms with van der Waals surface area (Å²) in [4.78, 5) is 17.5. The zero-order valence-electron chi connectivity index (χ0n) is 8.28. The monoisotopic (exact) mass is 222 g/mol. The van der Waals surface area contributed by atoms with Gasteiger partial charge in [-0.05, 0) is 29.6 Å². The molecule has 0 heterocycles. The van der Waals surface area contributed by atoms with Crippen LogP contribution in [0.15, 0.2) is 29.5 Å². The maximum Gasteiger partial charge on any atom is 0.334 e. The van der Waals surface area contributed by atoms with Crippen LogP contribution in [0.25, 0.3) is 10.4 Å². The number of carbonyl (C=O) groups excluding carboxylic acids is 1. The Hall–Kier alpha value is -2.24. The minimum Gasteiger partial charge on any atom is -0.508 e. The second-order valence-electron chi connectivity index (χ2n) is 3.06. The van der Waals surface area contributed by atoms with Crippen molar-refractivity contribution in [1.29, 1.82) is 0 Å².